The molecule has 0 spiro atoms. The topological polar surface area (TPSA) is 110 Å². The van der Waals surface area contributed by atoms with Gasteiger partial charge >= 0.3 is 0 Å². The Morgan fingerprint density at radius 3 is 2.23 bits per heavy atom. The molecular formula is C22H27N3O4S. The number of sulfonamides is 1. The second kappa shape index (κ2) is 9.40. The molecule has 0 aliphatic carbocycles. The number of benzene rings is 2. The molecule has 1 saturated heterocycles. The standard InChI is InChI=1S/C22H27N3O4S/c1-16(17-5-3-2-4-6-17)15-21(26)25-13-11-18(12-14-25)22(27)24-19-7-9-20(10-8-19)30(23,28)29/h2-10,16,18H,11-15H2,1H3,(H,24,27)(H2,23,28,29)/t16-/m0/s1. The van der Waals surface area contributed by atoms with E-state index in [-0.39, 0.29) is 28.5 Å². The van der Waals surface area contributed by atoms with Gasteiger partial charge in [0.05, 0.1) is 4.90 Å². The lowest BCUT2D eigenvalue weighted by molar-refractivity contribution is -0.134. The van der Waals surface area contributed by atoms with Crippen LogP contribution in [0.15, 0.2) is 59.5 Å². The number of nitrogens with zero attached hydrogens (tertiary/aromatic N) is 1. The van der Waals surface area contributed by atoms with E-state index in [9.17, 15) is 18.0 Å². The molecule has 8 heteroatoms. The van der Waals surface area contributed by atoms with Crippen molar-refractivity contribution < 1.29 is 18.0 Å². The first-order valence-corrected chi connectivity index (χ1v) is 11.5. The van der Waals surface area contributed by atoms with Crippen molar-refractivity contribution in [2.45, 2.75) is 37.0 Å². The van der Waals surface area contributed by atoms with E-state index in [2.05, 4.69) is 12.2 Å². The molecule has 0 radical (unpaired) electrons. The van der Waals surface area contributed by atoms with Crippen LogP contribution >= 0.6 is 0 Å². The second-order valence-electron chi connectivity index (χ2n) is 7.73. The number of rotatable bonds is 6. The predicted octanol–water partition coefficient (Wildman–Crippen LogP) is 2.70. The Balaban J connectivity index is 1.48. The van der Waals surface area contributed by atoms with Crippen LogP contribution in [0.2, 0.25) is 0 Å². The van der Waals surface area contributed by atoms with Gasteiger partial charge in [-0.2, -0.15) is 0 Å². The molecule has 0 aromatic heterocycles. The van der Waals surface area contributed by atoms with Gasteiger partial charge in [-0.15, -0.1) is 0 Å². The maximum atomic E-state index is 12.6. The van der Waals surface area contributed by atoms with E-state index < -0.39 is 10.0 Å². The molecule has 1 heterocycles. The third-order valence-corrected chi connectivity index (χ3v) is 6.45. The maximum absolute atomic E-state index is 12.6. The predicted molar refractivity (Wildman–Crippen MR) is 115 cm³/mol. The summed E-state index contributed by atoms with van der Waals surface area (Å²) in [5.74, 6) is -0.0366. The number of likely N-dealkylation sites (tertiary alicyclic amines) is 1. The van der Waals surface area contributed by atoms with Crippen LogP contribution < -0.4 is 10.5 Å². The van der Waals surface area contributed by atoms with Gasteiger partial charge in [0, 0.05) is 31.1 Å². The van der Waals surface area contributed by atoms with E-state index in [1.807, 2.05) is 35.2 Å². The van der Waals surface area contributed by atoms with Crippen molar-refractivity contribution >= 4 is 27.5 Å². The first kappa shape index (κ1) is 22.0. The van der Waals surface area contributed by atoms with E-state index in [0.717, 1.165) is 5.56 Å². The first-order chi connectivity index (χ1) is 14.2. The average Bonchev–Trinajstić information content (AvgIpc) is 2.74. The Labute approximate surface area is 177 Å². The lowest BCUT2D eigenvalue weighted by Crippen LogP contribution is -2.41. The SMILES string of the molecule is C[C@@H](CC(=O)N1CCC(C(=O)Nc2ccc(S(N)(=O)=O)cc2)CC1)c1ccccc1. The van der Waals surface area contributed by atoms with Gasteiger partial charge in [-0.05, 0) is 48.6 Å². The summed E-state index contributed by atoms with van der Waals surface area (Å²) >= 11 is 0. The highest BCUT2D eigenvalue weighted by Crippen LogP contribution is 2.24. The summed E-state index contributed by atoms with van der Waals surface area (Å²) in [7, 11) is -3.76. The number of amides is 2. The summed E-state index contributed by atoms with van der Waals surface area (Å²) in [4.78, 5) is 27.0. The number of carbonyl (C=O) groups excluding carboxylic acids is 2. The first-order valence-electron chi connectivity index (χ1n) is 10.0. The molecule has 3 N–H and O–H groups in total. The number of hydrogen-bond donors (Lipinski definition) is 2. The molecule has 0 bridgehead atoms. The summed E-state index contributed by atoms with van der Waals surface area (Å²) in [6.45, 7) is 3.17. The van der Waals surface area contributed by atoms with Gasteiger partial charge in [-0.3, -0.25) is 9.59 Å². The monoisotopic (exact) mass is 429 g/mol. The van der Waals surface area contributed by atoms with E-state index in [1.54, 1.807) is 0 Å². The Bertz CT molecular complexity index is 983. The van der Waals surface area contributed by atoms with Gasteiger partial charge in [0.1, 0.15) is 0 Å². The smallest absolute Gasteiger partial charge is 0.238 e. The van der Waals surface area contributed by atoms with Crippen LogP contribution in [0.4, 0.5) is 5.69 Å². The highest BCUT2D eigenvalue weighted by atomic mass is 32.2. The molecule has 7 nitrogen and oxygen atoms in total. The van der Waals surface area contributed by atoms with Gasteiger partial charge in [-0.25, -0.2) is 13.6 Å². The highest BCUT2D eigenvalue weighted by molar-refractivity contribution is 7.89. The number of anilines is 1. The Morgan fingerprint density at radius 2 is 1.67 bits per heavy atom. The number of primary sulfonamides is 1. The summed E-state index contributed by atoms with van der Waals surface area (Å²) in [6.07, 6.45) is 1.66. The second-order valence-corrected chi connectivity index (χ2v) is 9.29. The Kier molecular flexibility index (Phi) is 6.89. The fourth-order valence-corrected chi connectivity index (χ4v) is 4.17. The third kappa shape index (κ3) is 5.67. The van der Waals surface area contributed by atoms with Gasteiger partial charge in [0.15, 0.2) is 0 Å². The third-order valence-electron chi connectivity index (χ3n) is 5.52. The van der Waals surface area contributed by atoms with Crippen LogP contribution in [0.5, 0.6) is 0 Å². The highest BCUT2D eigenvalue weighted by Gasteiger charge is 2.28. The van der Waals surface area contributed by atoms with E-state index >= 15 is 0 Å². The van der Waals surface area contributed by atoms with E-state index in [1.165, 1.54) is 24.3 Å². The number of hydrogen-bond acceptors (Lipinski definition) is 4. The molecule has 0 unspecified atom stereocenters. The zero-order valence-corrected chi connectivity index (χ0v) is 17.8. The molecule has 1 aliphatic rings. The molecule has 2 aromatic rings. The van der Waals surface area contributed by atoms with Crippen molar-refractivity contribution in [1.82, 2.24) is 4.90 Å². The average molecular weight is 430 g/mol. The number of nitrogens with two attached hydrogens (primary N) is 1. The molecule has 2 amide bonds. The van der Waals surface area contributed by atoms with Crippen molar-refractivity contribution in [2.75, 3.05) is 18.4 Å². The van der Waals surface area contributed by atoms with E-state index in [4.69, 9.17) is 5.14 Å². The van der Waals surface area contributed by atoms with Crippen LogP contribution in [0.25, 0.3) is 0 Å². The summed E-state index contributed by atoms with van der Waals surface area (Å²) < 4.78 is 22.6. The molecule has 1 fully saturated rings. The summed E-state index contributed by atoms with van der Waals surface area (Å²) in [5.41, 5.74) is 1.66. The van der Waals surface area contributed by atoms with Crippen LogP contribution in [0.3, 0.4) is 0 Å². The molecule has 160 valence electrons. The zero-order chi connectivity index (χ0) is 21.7. The maximum Gasteiger partial charge on any atom is 0.238 e. The van der Waals surface area contributed by atoms with Crippen molar-refractivity contribution in [3.05, 3.63) is 60.2 Å². The molecule has 30 heavy (non-hydrogen) atoms. The number of piperidine rings is 1. The minimum Gasteiger partial charge on any atom is -0.343 e. The molecule has 0 saturated carbocycles. The van der Waals surface area contributed by atoms with Crippen LogP contribution in [0.1, 0.15) is 37.7 Å². The molecule has 1 atom stereocenters. The molecule has 2 aromatic carbocycles. The van der Waals surface area contributed by atoms with Crippen LogP contribution in [-0.2, 0) is 19.6 Å². The lowest BCUT2D eigenvalue weighted by Gasteiger charge is -2.32. The fourth-order valence-electron chi connectivity index (χ4n) is 3.65. The summed E-state index contributed by atoms with van der Waals surface area (Å²) in [6, 6.07) is 15.7. The van der Waals surface area contributed by atoms with Crippen molar-refractivity contribution in [1.29, 1.82) is 0 Å². The quantitative estimate of drug-likeness (QED) is 0.736. The van der Waals surface area contributed by atoms with Crippen LogP contribution in [-0.4, -0.2) is 38.2 Å². The Hall–Kier alpha value is -2.71. The summed E-state index contributed by atoms with van der Waals surface area (Å²) in [5, 5.41) is 7.89. The normalized spacial score (nSPS) is 16.1. The lowest BCUT2D eigenvalue weighted by atomic mass is 9.93. The van der Waals surface area contributed by atoms with Crippen molar-refractivity contribution in [2.24, 2.45) is 11.1 Å². The van der Waals surface area contributed by atoms with Gasteiger partial charge in [-0.1, -0.05) is 37.3 Å². The van der Waals surface area contributed by atoms with Gasteiger partial charge in [0.25, 0.3) is 0 Å². The van der Waals surface area contributed by atoms with Crippen molar-refractivity contribution in [3.63, 3.8) is 0 Å². The van der Waals surface area contributed by atoms with Crippen LogP contribution in [0, 0.1) is 5.92 Å². The minimum atomic E-state index is -3.76. The molecule has 3 rings (SSSR count). The fraction of sp³-hybridized carbons (Fsp3) is 0.364. The Morgan fingerprint density at radius 1 is 1.07 bits per heavy atom. The number of carbonyl (C=O) groups is 2. The zero-order valence-electron chi connectivity index (χ0n) is 17.0. The van der Waals surface area contributed by atoms with Crippen molar-refractivity contribution in [3.8, 4) is 0 Å². The van der Waals surface area contributed by atoms with E-state index in [0.29, 0.717) is 38.0 Å². The minimum absolute atomic E-state index is 0.00273. The van der Waals surface area contributed by atoms with Gasteiger partial charge < -0.3 is 10.2 Å². The molecular weight excluding hydrogens is 402 g/mol. The largest absolute Gasteiger partial charge is 0.343 e. The molecule has 1 aliphatic heterocycles. The number of nitrogens with one attached hydrogen (secondary N) is 1. The van der Waals surface area contributed by atoms with Gasteiger partial charge in [0.2, 0.25) is 21.8 Å².